The SMILES string of the molecule is Nc1nc(=O)n([C@H]2CC(O)[C@@H](CO)O2)cc1CCC(=O)Nc1cccc2ccccc12. The monoisotopic (exact) mass is 424 g/mol. The number of hydrogen-bond acceptors (Lipinski definition) is 7. The first-order valence-electron chi connectivity index (χ1n) is 10.1. The second-order valence-electron chi connectivity index (χ2n) is 7.53. The zero-order valence-electron chi connectivity index (χ0n) is 16.8. The van der Waals surface area contributed by atoms with E-state index < -0.39 is 24.1 Å². The molecule has 3 aromatic rings. The normalized spacial score (nSPS) is 20.8. The van der Waals surface area contributed by atoms with Gasteiger partial charge in [0.1, 0.15) is 18.1 Å². The third-order valence-electron chi connectivity index (χ3n) is 5.44. The zero-order valence-corrected chi connectivity index (χ0v) is 16.8. The highest BCUT2D eigenvalue weighted by Gasteiger charge is 2.35. The quantitative estimate of drug-likeness (QED) is 0.466. The molecule has 31 heavy (non-hydrogen) atoms. The van der Waals surface area contributed by atoms with Crippen molar-refractivity contribution in [2.24, 2.45) is 0 Å². The van der Waals surface area contributed by atoms with Gasteiger partial charge in [-0.1, -0.05) is 36.4 Å². The molecule has 0 bridgehead atoms. The Kier molecular flexibility index (Phi) is 5.99. The van der Waals surface area contributed by atoms with Crippen LogP contribution < -0.4 is 16.7 Å². The minimum absolute atomic E-state index is 0.0523. The Hall–Kier alpha value is -3.27. The summed E-state index contributed by atoms with van der Waals surface area (Å²) < 4.78 is 6.78. The van der Waals surface area contributed by atoms with E-state index in [1.807, 2.05) is 42.5 Å². The molecule has 9 heteroatoms. The van der Waals surface area contributed by atoms with Crippen molar-refractivity contribution >= 4 is 28.2 Å². The Morgan fingerprint density at radius 2 is 2.03 bits per heavy atom. The number of carbonyl (C=O) groups excluding carboxylic acids is 1. The summed E-state index contributed by atoms with van der Waals surface area (Å²) in [7, 11) is 0. The number of nitrogen functional groups attached to an aromatic ring is 1. The van der Waals surface area contributed by atoms with Crippen LogP contribution in [0.4, 0.5) is 11.5 Å². The molecule has 1 aliphatic heterocycles. The number of aromatic nitrogens is 2. The van der Waals surface area contributed by atoms with Gasteiger partial charge in [0, 0.05) is 35.7 Å². The number of aliphatic hydroxyl groups excluding tert-OH is 2. The van der Waals surface area contributed by atoms with Gasteiger partial charge in [-0.05, 0) is 17.9 Å². The Balaban J connectivity index is 1.47. The smallest absolute Gasteiger partial charge is 0.351 e. The van der Waals surface area contributed by atoms with E-state index in [1.54, 1.807) is 0 Å². The van der Waals surface area contributed by atoms with Gasteiger partial charge in [-0.2, -0.15) is 4.98 Å². The fourth-order valence-electron chi connectivity index (χ4n) is 3.77. The molecule has 1 unspecified atom stereocenters. The third-order valence-corrected chi connectivity index (χ3v) is 5.44. The molecule has 0 aliphatic carbocycles. The van der Waals surface area contributed by atoms with E-state index in [1.165, 1.54) is 10.8 Å². The van der Waals surface area contributed by atoms with E-state index in [9.17, 15) is 19.8 Å². The fraction of sp³-hybridized carbons (Fsp3) is 0.318. The van der Waals surface area contributed by atoms with Crippen molar-refractivity contribution in [3.63, 3.8) is 0 Å². The van der Waals surface area contributed by atoms with Gasteiger partial charge in [0.25, 0.3) is 0 Å². The maximum Gasteiger partial charge on any atom is 0.351 e. The number of aliphatic hydroxyl groups is 2. The van der Waals surface area contributed by atoms with Crippen LogP contribution in [0.2, 0.25) is 0 Å². The molecule has 1 amide bonds. The van der Waals surface area contributed by atoms with E-state index in [4.69, 9.17) is 10.5 Å². The molecule has 2 heterocycles. The molecule has 0 saturated carbocycles. The van der Waals surface area contributed by atoms with E-state index in [-0.39, 0.29) is 37.6 Å². The number of benzene rings is 2. The molecule has 4 rings (SSSR count). The highest BCUT2D eigenvalue weighted by molar-refractivity contribution is 6.02. The van der Waals surface area contributed by atoms with Gasteiger partial charge in [0.2, 0.25) is 5.91 Å². The third kappa shape index (κ3) is 4.43. The van der Waals surface area contributed by atoms with Crippen molar-refractivity contribution in [2.45, 2.75) is 37.7 Å². The standard InChI is InChI=1S/C22H24N4O5/c23-21-14(11-26(22(30)25-21)20-10-17(28)18(12-27)31-20)8-9-19(29)24-16-7-3-5-13-4-1-2-6-15(13)16/h1-7,11,17-18,20,27-28H,8-10,12H2,(H,24,29)(H2,23,25,30)/t17?,18-,20-/m1/s1. The van der Waals surface area contributed by atoms with E-state index in [0.717, 1.165) is 16.5 Å². The number of rotatable bonds is 6. The minimum atomic E-state index is -0.880. The number of ether oxygens (including phenoxy) is 1. The highest BCUT2D eigenvalue weighted by Crippen LogP contribution is 2.28. The Morgan fingerprint density at radius 1 is 1.26 bits per heavy atom. The lowest BCUT2D eigenvalue weighted by Gasteiger charge is -2.16. The molecule has 2 aromatic carbocycles. The number of anilines is 2. The predicted octanol–water partition coefficient (Wildman–Crippen LogP) is 1.19. The lowest BCUT2D eigenvalue weighted by Crippen LogP contribution is -2.29. The molecule has 162 valence electrons. The number of nitrogens with zero attached hydrogens (tertiary/aromatic N) is 2. The maximum atomic E-state index is 12.5. The number of nitrogens with one attached hydrogen (secondary N) is 1. The first-order chi connectivity index (χ1) is 15.0. The lowest BCUT2D eigenvalue weighted by molar-refractivity contribution is -0.116. The molecule has 5 N–H and O–H groups in total. The molecule has 9 nitrogen and oxygen atoms in total. The molecule has 1 aliphatic rings. The van der Waals surface area contributed by atoms with Crippen molar-refractivity contribution in [3.05, 3.63) is 64.7 Å². The summed E-state index contributed by atoms with van der Waals surface area (Å²) in [6.07, 6.45) is -0.324. The largest absolute Gasteiger partial charge is 0.394 e. The number of carbonyl (C=O) groups is 1. The van der Waals surface area contributed by atoms with Crippen LogP contribution in [0.15, 0.2) is 53.5 Å². The van der Waals surface area contributed by atoms with Crippen molar-refractivity contribution < 1.29 is 19.7 Å². The first kappa shape index (κ1) is 21.0. The number of nitrogens with two attached hydrogens (primary N) is 1. The van der Waals surface area contributed by atoms with Crippen LogP contribution in [0, 0.1) is 0 Å². The number of fused-ring (bicyclic) bond motifs is 1. The van der Waals surface area contributed by atoms with Crippen molar-refractivity contribution in [1.29, 1.82) is 0 Å². The summed E-state index contributed by atoms with van der Waals surface area (Å²) in [5.74, 6) is -0.141. The minimum Gasteiger partial charge on any atom is -0.394 e. The average molecular weight is 424 g/mol. The van der Waals surface area contributed by atoms with Crippen molar-refractivity contribution in [3.8, 4) is 0 Å². The summed E-state index contributed by atoms with van der Waals surface area (Å²) in [5, 5.41) is 24.1. The number of aryl methyl sites for hydroxylation is 1. The second-order valence-corrected chi connectivity index (χ2v) is 7.53. The van der Waals surface area contributed by atoms with Gasteiger partial charge in [0.05, 0.1) is 12.7 Å². The molecule has 0 spiro atoms. The number of amides is 1. The predicted molar refractivity (Wildman–Crippen MR) is 115 cm³/mol. The van der Waals surface area contributed by atoms with Crippen LogP contribution in [0.5, 0.6) is 0 Å². The molecule has 1 fully saturated rings. The summed E-state index contributed by atoms with van der Waals surface area (Å²) in [6, 6.07) is 13.5. The lowest BCUT2D eigenvalue weighted by atomic mass is 10.1. The van der Waals surface area contributed by atoms with Crippen LogP contribution in [0.25, 0.3) is 10.8 Å². The second kappa shape index (κ2) is 8.84. The van der Waals surface area contributed by atoms with Gasteiger partial charge in [0.15, 0.2) is 0 Å². The highest BCUT2D eigenvalue weighted by atomic mass is 16.5. The zero-order chi connectivity index (χ0) is 22.0. The molecular weight excluding hydrogens is 400 g/mol. The molecule has 1 saturated heterocycles. The van der Waals surface area contributed by atoms with E-state index in [0.29, 0.717) is 5.56 Å². The van der Waals surface area contributed by atoms with Crippen LogP contribution in [0.3, 0.4) is 0 Å². The van der Waals surface area contributed by atoms with Gasteiger partial charge in [-0.15, -0.1) is 0 Å². The molecule has 1 aromatic heterocycles. The number of hydrogen-bond donors (Lipinski definition) is 4. The molecular formula is C22H24N4O5. The Labute approximate surface area is 178 Å². The average Bonchev–Trinajstić information content (AvgIpc) is 3.13. The van der Waals surface area contributed by atoms with Crippen LogP contribution in [-0.4, -0.2) is 44.5 Å². The summed E-state index contributed by atoms with van der Waals surface area (Å²) in [6.45, 7) is -0.351. The Bertz CT molecular complexity index is 1160. The first-order valence-corrected chi connectivity index (χ1v) is 10.1. The van der Waals surface area contributed by atoms with Gasteiger partial charge in [-0.3, -0.25) is 9.36 Å². The van der Waals surface area contributed by atoms with Crippen molar-refractivity contribution in [1.82, 2.24) is 9.55 Å². The van der Waals surface area contributed by atoms with Crippen LogP contribution >= 0.6 is 0 Å². The summed E-state index contributed by atoms with van der Waals surface area (Å²) in [5.41, 5.74) is 6.53. The topological polar surface area (TPSA) is 140 Å². The maximum absolute atomic E-state index is 12.5. The van der Waals surface area contributed by atoms with E-state index >= 15 is 0 Å². The van der Waals surface area contributed by atoms with Crippen LogP contribution in [0.1, 0.15) is 24.6 Å². The summed E-state index contributed by atoms with van der Waals surface area (Å²) in [4.78, 5) is 28.6. The molecule has 0 radical (unpaired) electrons. The van der Waals surface area contributed by atoms with Gasteiger partial charge < -0.3 is 26.0 Å². The van der Waals surface area contributed by atoms with Gasteiger partial charge >= 0.3 is 5.69 Å². The summed E-state index contributed by atoms with van der Waals surface area (Å²) >= 11 is 0. The Morgan fingerprint density at radius 3 is 2.81 bits per heavy atom. The van der Waals surface area contributed by atoms with Crippen LogP contribution in [-0.2, 0) is 16.0 Å². The van der Waals surface area contributed by atoms with Gasteiger partial charge in [-0.25, -0.2) is 4.79 Å². The van der Waals surface area contributed by atoms with Crippen molar-refractivity contribution in [2.75, 3.05) is 17.7 Å². The fourth-order valence-corrected chi connectivity index (χ4v) is 3.77. The van der Waals surface area contributed by atoms with E-state index in [2.05, 4.69) is 10.3 Å². The molecule has 3 atom stereocenters.